The van der Waals surface area contributed by atoms with Crippen molar-refractivity contribution in [2.45, 2.75) is 19.8 Å². The van der Waals surface area contributed by atoms with Crippen LogP contribution in [-0.4, -0.2) is 19.9 Å². The lowest BCUT2D eigenvalue weighted by Crippen LogP contribution is -2.06. The minimum absolute atomic E-state index is 0.0612. The summed E-state index contributed by atoms with van der Waals surface area (Å²) in [6.45, 7) is 4.21. The Balaban J connectivity index is 1.91. The van der Waals surface area contributed by atoms with Gasteiger partial charge in [0.1, 0.15) is 12.1 Å². The summed E-state index contributed by atoms with van der Waals surface area (Å²) in [6.07, 6.45) is 2.85. The summed E-state index contributed by atoms with van der Waals surface area (Å²) in [5, 5.41) is 17.5. The van der Waals surface area contributed by atoms with Crippen LogP contribution in [0.3, 0.4) is 0 Å². The summed E-state index contributed by atoms with van der Waals surface area (Å²) in [4.78, 5) is 23.3. The normalized spacial score (nSPS) is 10.7. The van der Waals surface area contributed by atoms with Gasteiger partial charge < -0.3 is 10.6 Å². The van der Waals surface area contributed by atoms with E-state index in [0.29, 0.717) is 17.4 Å². The van der Waals surface area contributed by atoms with Crippen molar-refractivity contribution in [3.05, 3.63) is 69.1 Å². The molecular formula is C18H17BrN6O2. The van der Waals surface area contributed by atoms with Gasteiger partial charge in [-0.15, -0.1) is 0 Å². The quantitative estimate of drug-likeness (QED) is 0.412. The first-order valence-corrected chi connectivity index (χ1v) is 8.98. The van der Waals surface area contributed by atoms with Crippen LogP contribution >= 0.6 is 15.9 Å². The van der Waals surface area contributed by atoms with Gasteiger partial charge in [-0.05, 0) is 51.7 Å². The van der Waals surface area contributed by atoms with E-state index in [0.717, 1.165) is 4.47 Å². The first kappa shape index (κ1) is 18.7. The lowest BCUT2D eigenvalue weighted by Gasteiger charge is -2.11. The fourth-order valence-corrected chi connectivity index (χ4v) is 2.63. The molecule has 0 amide bonds. The maximum absolute atomic E-state index is 11.6. The Hall–Kier alpha value is -3.07. The molecule has 0 spiro atoms. The van der Waals surface area contributed by atoms with Crippen molar-refractivity contribution in [3.8, 4) is 0 Å². The van der Waals surface area contributed by atoms with E-state index in [2.05, 4.69) is 55.4 Å². The number of nitrogens with zero attached hydrogens (tertiary/aromatic N) is 4. The van der Waals surface area contributed by atoms with Gasteiger partial charge in [0.05, 0.1) is 4.92 Å². The summed E-state index contributed by atoms with van der Waals surface area (Å²) < 4.78 is 0.803. The Bertz CT molecular complexity index is 945. The van der Waals surface area contributed by atoms with Crippen LogP contribution in [0.1, 0.15) is 25.3 Å². The maximum Gasteiger partial charge on any atom is 0.353 e. The highest BCUT2D eigenvalue weighted by Crippen LogP contribution is 2.33. The molecule has 0 aliphatic rings. The highest BCUT2D eigenvalue weighted by atomic mass is 79.9. The number of anilines is 4. The number of aromatic nitrogens is 3. The van der Waals surface area contributed by atoms with Gasteiger partial charge in [-0.1, -0.05) is 26.0 Å². The zero-order valence-corrected chi connectivity index (χ0v) is 16.3. The molecule has 0 bridgehead atoms. The third-order valence-electron chi connectivity index (χ3n) is 3.82. The number of halogens is 1. The summed E-state index contributed by atoms with van der Waals surface area (Å²) in [7, 11) is 0. The average Bonchev–Trinajstić information content (AvgIpc) is 2.64. The van der Waals surface area contributed by atoms with Crippen LogP contribution in [-0.2, 0) is 0 Å². The molecule has 27 heavy (non-hydrogen) atoms. The van der Waals surface area contributed by atoms with Crippen molar-refractivity contribution in [2.24, 2.45) is 0 Å². The summed E-state index contributed by atoms with van der Waals surface area (Å²) in [5.74, 6) is 1.01. The third kappa shape index (κ3) is 4.56. The third-order valence-corrected chi connectivity index (χ3v) is 4.29. The molecule has 0 unspecified atom stereocenters. The van der Waals surface area contributed by atoms with Crippen molar-refractivity contribution in [1.29, 1.82) is 0 Å². The van der Waals surface area contributed by atoms with Crippen LogP contribution in [0.5, 0.6) is 0 Å². The smallest absolute Gasteiger partial charge is 0.334 e. The van der Waals surface area contributed by atoms with Gasteiger partial charge in [0.15, 0.2) is 0 Å². The Kier molecular flexibility index (Phi) is 5.60. The molecule has 2 heterocycles. The molecule has 2 N–H and O–H groups in total. The van der Waals surface area contributed by atoms with Crippen LogP contribution in [0.4, 0.5) is 28.8 Å². The minimum atomic E-state index is -0.522. The zero-order valence-electron chi connectivity index (χ0n) is 14.7. The molecule has 0 saturated carbocycles. The predicted molar refractivity (Wildman–Crippen MR) is 108 cm³/mol. The number of nitro groups is 1. The number of nitrogens with one attached hydrogen (secondary N) is 2. The Morgan fingerprint density at radius 2 is 1.67 bits per heavy atom. The van der Waals surface area contributed by atoms with Crippen molar-refractivity contribution in [3.63, 3.8) is 0 Å². The Morgan fingerprint density at radius 1 is 1.00 bits per heavy atom. The average molecular weight is 429 g/mol. The Labute approximate surface area is 164 Å². The maximum atomic E-state index is 11.6. The van der Waals surface area contributed by atoms with E-state index in [1.54, 1.807) is 18.3 Å². The van der Waals surface area contributed by atoms with Crippen LogP contribution in [0.25, 0.3) is 0 Å². The van der Waals surface area contributed by atoms with Gasteiger partial charge in [-0.25, -0.2) is 15.0 Å². The molecule has 0 fully saturated rings. The molecule has 9 heteroatoms. The largest absolute Gasteiger partial charge is 0.353 e. The summed E-state index contributed by atoms with van der Waals surface area (Å²) in [6, 6.07) is 11.1. The second-order valence-electron chi connectivity index (χ2n) is 6.06. The first-order chi connectivity index (χ1) is 12.9. The highest BCUT2D eigenvalue weighted by molar-refractivity contribution is 9.10. The first-order valence-electron chi connectivity index (χ1n) is 8.19. The van der Waals surface area contributed by atoms with Gasteiger partial charge in [-0.2, -0.15) is 0 Å². The van der Waals surface area contributed by atoms with Crippen LogP contribution in [0.2, 0.25) is 0 Å². The summed E-state index contributed by atoms with van der Waals surface area (Å²) in [5.41, 5.74) is 1.63. The van der Waals surface area contributed by atoms with Crippen LogP contribution in [0.15, 0.2) is 53.4 Å². The molecule has 0 saturated heterocycles. The van der Waals surface area contributed by atoms with E-state index in [1.807, 2.05) is 24.3 Å². The molecule has 8 nitrogen and oxygen atoms in total. The molecule has 3 rings (SSSR count). The number of pyridine rings is 1. The van der Waals surface area contributed by atoms with Crippen LogP contribution in [0, 0.1) is 10.1 Å². The lowest BCUT2D eigenvalue weighted by atomic mass is 10.0. The van der Waals surface area contributed by atoms with E-state index in [4.69, 9.17) is 0 Å². The molecular weight excluding hydrogens is 412 g/mol. The predicted octanol–water partition coefficient (Wildman–Crippen LogP) is 5.15. The Morgan fingerprint density at radius 3 is 2.22 bits per heavy atom. The molecule has 138 valence electrons. The standard InChI is InChI=1S/C18H17BrN6O2/c1-11(2)12-3-6-14(7-4-12)23-17-16(25(26)27)18(22-10-21-17)24-15-8-5-13(19)9-20-15/h3-11H,1-2H3,(H2,20,21,22,23,24). The molecule has 0 radical (unpaired) electrons. The van der Waals surface area contributed by atoms with Crippen LogP contribution < -0.4 is 10.6 Å². The van der Waals surface area contributed by atoms with Crippen molar-refractivity contribution < 1.29 is 4.92 Å². The summed E-state index contributed by atoms with van der Waals surface area (Å²) >= 11 is 3.30. The zero-order chi connectivity index (χ0) is 19.4. The van der Waals surface area contributed by atoms with E-state index >= 15 is 0 Å². The number of benzene rings is 1. The lowest BCUT2D eigenvalue weighted by molar-refractivity contribution is -0.383. The molecule has 0 atom stereocenters. The molecule has 0 aliphatic heterocycles. The van der Waals surface area contributed by atoms with Gasteiger partial charge in [0.2, 0.25) is 11.6 Å². The fourth-order valence-electron chi connectivity index (χ4n) is 2.39. The van der Waals surface area contributed by atoms with Gasteiger partial charge in [0.25, 0.3) is 0 Å². The second kappa shape index (κ2) is 8.09. The monoisotopic (exact) mass is 428 g/mol. The van der Waals surface area contributed by atoms with Crippen molar-refractivity contribution in [2.75, 3.05) is 10.6 Å². The fraction of sp³-hybridized carbons (Fsp3) is 0.167. The van der Waals surface area contributed by atoms with Gasteiger partial charge >= 0.3 is 5.69 Å². The van der Waals surface area contributed by atoms with Crippen molar-refractivity contribution in [1.82, 2.24) is 15.0 Å². The molecule has 0 aliphatic carbocycles. The topological polar surface area (TPSA) is 106 Å². The van der Waals surface area contributed by atoms with E-state index in [1.165, 1.54) is 11.9 Å². The number of hydrogen-bond donors (Lipinski definition) is 2. The van der Waals surface area contributed by atoms with E-state index in [9.17, 15) is 10.1 Å². The van der Waals surface area contributed by atoms with Crippen molar-refractivity contribution >= 4 is 44.8 Å². The second-order valence-corrected chi connectivity index (χ2v) is 6.98. The van der Waals surface area contributed by atoms with E-state index in [-0.39, 0.29) is 17.3 Å². The molecule has 1 aromatic carbocycles. The SMILES string of the molecule is CC(C)c1ccc(Nc2ncnc(Nc3ccc(Br)cn3)c2[N+](=O)[O-])cc1. The molecule has 3 aromatic rings. The number of hydrogen-bond acceptors (Lipinski definition) is 7. The van der Waals surface area contributed by atoms with Gasteiger partial charge in [0, 0.05) is 16.4 Å². The minimum Gasteiger partial charge on any atom is -0.334 e. The van der Waals surface area contributed by atoms with Gasteiger partial charge in [-0.3, -0.25) is 10.1 Å². The number of rotatable bonds is 6. The highest BCUT2D eigenvalue weighted by Gasteiger charge is 2.23. The molecule has 2 aromatic heterocycles. The van der Waals surface area contributed by atoms with E-state index < -0.39 is 4.92 Å².